The average Bonchev–Trinajstić information content (AvgIpc) is 3.00. The molecule has 4 aliphatic rings. The number of nitriles is 4. The predicted molar refractivity (Wildman–Crippen MR) is 140 cm³/mol. The monoisotopic (exact) mass is 558 g/mol. The van der Waals surface area contributed by atoms with Crippen LogP contribution in [0.4, 0.5) is 0 Å². The molecule has 2 saturated carbocycles. The Bertz CT molecular complexity index is 1350. The minimum Gasteiger partial charge on any atom is -0.467 e. The van der Waals surface area contributed by atoms with Gasteiger partial charge in [-0.3, -0.25) is 0 Å². The fourth-order valence-corrected chi connectivity index (χ4v) is 6.01. The number of allylic oxidation sites excluding steroid dienone is 4. The van der Waals surface area contributed by atoms with E-state index in [0.29, 0.717) is 51.4 Å². The van der Waals surface area contributed by atoms with E-state index in [1.54, 1.807) is 0 Å². The molecule has 2 saturated heterocycles. The van der Waals surface area contributed by atoms with E-state index in [4.69, 9.17) is 45.2 Å². The molecule has 4 rings (SSSR count). The van der Waals surface area contributed by atoms with Gasteiger partial charge >= 0.3 is 0 Å². The molecule has 2 aliphatic carbocycles. The molecule has 0 unspecified atom stereocenters. The first-order valence-electron chi connectivity index (χ1n) is 13.1. The normalized spacial score (nSPS) is 32.8. The van der Waals surface area contributed by atoms with E-state index >= 15 is 0 Å². The summed E-state index contributed by atoms with van der Waals surface area (Å²) in [7, 11) is 0. The third-order valence-electron chi connectivity index (χ3n) is 8.06. The van der Waals surface area contributed by atoms with E-state index in [2.05, 4.69) is 19.4 Å². The Labute approximate surface area is 243 Å². The van der Waals surface area contributed by atoms with Crippen LogP contribution >= 0.6 is 0 Å². The van der Waals surface area contributed by atoms with E-state index < -0.39 is 11.6 Å². The number of hydrogen-bond acceptors (Lipinski definition) is 8. The molecule has 0 N–H and O–H groups in total. The summed E-state index contributed by atoms with van der Waals surface area (Å²) in [5.74, 6) is -1.37. The van der Waals surface area contributed by atoms with Gasteiger partial charge in [0.2, 0.25) is 11.6 Å². The molecule has 2 aliphatic heterocycles. The quantitative estimate of drug-likeness (QED) is 0.271. The minimum absolute atomic E-state index is 0.106. The van der Waals surface area contributed by atoms with E-state index in [0.717, 1.165) is 0 Å². The molecule has 2 spiro atoms. The molecule has 0 bridgehead atoms. The van der Waals surface area contributed by atoms with Crippen LogP contribution in [0.3, 0.4) is 0 Å². The first-order chi connectivity index (χ1) is 20.3. The Kier molecular flexibility index (Phi) is 8.36. The van der Waals surface area contributed by atoms with Crippen molar-refractivity contribution < 1.29 is 18.9 Å². The zero-order valence-corrected chi connectivity index (χ0v) is 22.4. The summed E-state index contributed by atoms with van der Waals surface area (Å²) in [5.41, 5.74) is -0.937. The summed E-state index contributed by atoms with van der Waals surface area (Å²) in [6.45, 7) is 29.3. The Morgan fingerprint density at radius 3 is 0.952 bits per heavy atom. The maximum atomic E-state index is 9.40. The molecule has 12 heteroatoms. The standard InChI is InChI=1S/C30H22N8O4/c1-35-21(15-31)25-13-26(22(16-32)36-2)40-29(39-25)9-5-19(6-10-29)20-7-11-30(12-8-20)41-27(23(17-33)37-3)14-28(42-30)24(18-34)38-4/h19-20H,5-14H2/b25-21-,26-22-,27-23+,28-24+. The molecular formula is C30H22N8O4. The maximum Gasteiger partial charge on any atom is 0.299 e. The topological polar surface area (TPSA) is 150 Å². The first kappa shape index (κ1) is 29.1. The lowest BCUT2D eigenvalue weighted by molar-refractivity contribution is -0.246. The smallest absolute Gasteiger partial charge is 0.299 e. The highest BCUT2D eigenvalue weighted by Gasteiger charge is 2.49. The van der Waals surface area contributed by atoms with Crippen LogP contribution < -0.4 is 0 Å². The van der Waals surface area contributed by atoms with Crippen LogP contribution in [0.1, 0.15) is 64.2 Å². The molecule has 0 aromatic heterocycles. The van der Waals surface area contributed by atoms with Gasteiger partial charge in [0.15, 0.2) is 0 Å². The molecular weight excluding hydrogens is 536 g/mol. The Balaban J connectivity index is 1.50. The van der Waals surface area contributed by atoms with Gasteiger partial charge in [-0.15, -0.1) is 0 Å². The van der Waals surface area contributed by atoms with Gasteiger partial charge in [0.05, 0.1) is 50.6 Å². The van der Waals surface area contributed by atoms with Crippen molar-refractivity contribution in [2.75, 3.05) is 0 Å². The molecule has 0 atom stereocenters. The molecule has 0 radical (unpaired) electrons. The van der Waals surface area contributed by atoms with Crippen molar-refractivity contribution in [3.63, 3.8) is 0 Å². The third-order valence-corrected chi connectivity index (χ3v) is 8.06. The van der Waals surface area contributed by atoms with Crippen molar-refractivity contribution in [3.05, 3.63) is 91.5 Å². The van der Waals surface area contributed by atoms with Gasteiger partial charge in [-0.2, -0.15) is 0 Å². The zero-order valence-electron chi connectivity index (χ0n) is 22.4. The van der Waals surface area contributed by atoms with Gasteiger partial charge in [-0.05, 0) is 37.5 Å². The van der Waals surface area contributed by atoms with Crippen LogP contribution in [0.25, 0.3) is 19.4 Å². The largest absolute Gasteiger partial charge is 0.467 e. The van der Waals surface area contributed by atoms with Crippen molar-refractivity contribution in [1.82, 2.24) is 0 Å². The number of hydrogen-bond donors (Lipinski definition) is 0. The van der Waals surface area contributed by atoms with Crippen LogP contribution in [0, 0.1) is 83.4 Å². The van der Waals surface area contributed by atoms with Gasteiger partial charge in [-0.1, -0.05) is 0 Å². The number of nitrogens with zero attached hydrogens (tertiary/aromatic N) is 8. The molecule has 0 amide bonds. The second-order valence-electron chi connectivity index (χ2n) is 10.2. The lowest BCUT2D eigenvalue weighted by Gasteiger charge is -2.48. The van der Waals surface area contributed by atoms with Gasteiger partial charge in [0.1, 0.15) is 23.0 Å². The Hall–Kier alpha value is -5.92. The summed E-state index contributed by atoms with van der Waals surface area (Å²) in [6, 6.07) is 7.30. The van der Waals surface area contributed by atoms with Crippen LogP contribution in [0.5, 0.6) is 0 Å². The third kappa shape index (κ3) is 5.54. The Morgan fingerprint density at radius 1 is 0.524 bits per heavy atom. The van der Waals surface area contributed by atoms with E-state index in [-0.39, 0.29) is 70.5 Å². The highest BCUT2D eigenvalue weighted by Crippen LogP contribution is 2.51. The van der Waals surface area contributed by atoms with Crippen molar-refractivity contribution in [2.24, 2.45) is 11.8 Å². The van der Waals surface area contributed by atoms with Crippen molar-refractivity contribution in [1.29, 1.82) is 21.0 Å². The summed E-state index contributed by atoms with van der Waals surface area (Å²) in [5, 5.41) is 37.6. The second-order valence-corrected chi connectivity index (χ2v) is 10.2. The fraction of sp³-hybridized carbons (Fsp3) is 0.467. The molecule has 0 aromatic rings. The van der Waals surface area contributed by atoms with E-state index in [1.807, 2.05) is 24.3 Å². The summed E-state index contributed by atoms with van der Waals surface area (Å²) < 4.78 is 24.4. The fourth-order valence-electron chi connectivity index (χ4n) is 6.01. The highest BCUT2D eigenvalue weighted by molar-refractivity contribution is 5.39. The second kappa shape index (κ2) is 12.1. The number of ether oxygens (including phenoxy) is 4. The van der Waals surface area contributed by atoms with Gasteiger partial charge < -0.3 is 18.9 Å². The molecule has 206 valence electrons. The van der Waals surface area contributed by atoms with Crippen molar-refractivity contribution in [3.8, 4) is 24.3 Å². The lowest BCUT2D eigenvalue weighted by atomic mass is 9.70. The maximum absolute atomic E-state index is 9.40. The van der Waals surface area contributed by atoms with Crippen LogP contribution in [-0.2, 0) is 18.9 Å². The van der Waals surface area contributed by atoms with Crippen LogP contribution in [0.15, 0.2) is 45.8 Å². The molecule has 12 nitrogen and oxygen atoms in total. The molecule has 4 fully saturated rings. The summed E-state index contributed by atoms with van der Waals surface area (Å²) in [4.78, 5) is 13.0. The van der Waals surface area contributed by atoms with Crippen LogP contribution in [0.2, 0.25) is 0 Å². The van der Waals surface area contributed by atoms with Gasteiger partial charge in [-0.25, -0.2) is 40.4 Å². The predicted octanol–water partition coefficient (Wildman–Crippen LogP) is 6.25. The zero-order chi connectivity index (χ0) is 30.3. The SMILES string of the molecule is [C-]#[N+]/C(C#N)=C1/C/C(=C(\C#N)[N+]#[C-])OC2(CCC(C3CCC4(CC3)O/C(=C(\C#N)[N+]#[C-])C/C(=C(/C#N)[N+]#[C-])O4)CC2)O1. The van der Waals surface area contributed by atoms with E-state index in [1.165, 1.54) is 0 Å². The van der Waals surface area contributed by atoms with Crippen molar-refractivity contribution >= 4 is 0 Å². The average molecular weight is 559 g/mol. The first-order valence-corrected chi connectivity index (χ1v) is 13.1. The van der Waals surface area contributed by atoms with E-state index in [9.17, 15) is 21.0 Å². The highest BCUT2D eigenvalue weighted by atomic mass is 16.7. The lowest BCUT2D eigenvalue weighted by Crippen LogP contribution is -2.46. The van der Waals surface area contributed by atoms with Gasteiger partial charge in [0, 0.05) is 38.5 Å². The number of rotatable bonds is 1. The Morgan fingerprint density at radius 2 is 0.762 bits per heavy atom. The summed E-state index contributed by atoms with van der Waals surface area (Å²) >= 11 is 0. The summed E-state index contributed by atoms with van der Waals surface area (Å²) in [6.07, 6.45) is 4.29. The van der Waals surface area contributed by atoms with Crippen LogP contribution in [-0.4, -0.2) is 11.6 Å². The van der Waals surface area contributed by atoms with Gasteiger partial charge in [0.25, 0.3) is 22.8 Å². The van der Waals surface area contributed by atoms with Crippen molar-refractivity contribution in [2.45, 2.75) is 75.8 Å². The minimum atomic E-state index is -1.18. The molecule has 2 heterocycles. The molecule has 42 heavy (non-hydrogen) atoms. The molecule has 0 aromatic carbocycles.